The van der Waals surface area contributed by atoms with Crippen molar-refractivity contribution in [2.75, 3.05) is 5.73 Å². The summed E-state index contributed by atoms with van der Waals surface area (Å²) in [5, 5.41) is 0.133. The predicted molar refractivity (Wildman–Crippen MR) is 72.7 cm³/mol. The van der Waals surface area contributed by atoms with Crippen molar-refractivity contribution in [3.8, 4) is 0 Å². The monoisotopic (exact) mass is 262 g/mol. The molecule has 1 unspecified atom stereocenters. The van der Waals surface area contributed by atoms with Crippen LogP contribution in [0.2, 0.25) is 5.28 Å². The summed E-state index contributed by atoms with van der Waals surface area (Å²) in [6.07, 6.45) is 0. The molecule has 5 heteroatoms. The number of halogens is 1. The van der Waals surface area contributed by atoms with Crippen LogP contribution in [-0.4, -0.2) is 15.0 Å². The molecule has 0 amide bonds. The molecule has 2 aromatic rings. The number of nitrogens with zero attached hydrogens (tertiary/aromatic N) is 3. The smallest absolute Gasteiger partial charge is 0.227 e. The maximum Gasteiger partial charge on any atom is 0.227 e. The first-order valence-corrected chi connectivity index (χ1v) is 6.08. The third-order valence-corrected chi connectivity index (χ3v) is 2.94. The van der Waals surface area contributed by atoms with Gasteiger partial charge in [0.05, 0.1) is 0 Å². The second-order valence-corrected chi connectivity index (χ2v) is 4.80. The minimum atomic E-state index is 0.0337. The first-order valence-electron chi connectivity index (χ1n) is 5.71. The minimum absolute atomic E-state index is 0.0337. The number of rotatable bonds is 2. The Hall–Kier alpha value is -1.68. The van der Waals surface area contributed by atoms with Gasteiger partial charge in [0, 0.05) is 5.92 Å². The van der Waals surface area contributed by atoms with Gasteiger partial charge < -0.3 is 5.73 Å². The van der Waals surface area contributed by atoms with Crippen molar-refractivity contribution in [3.05, 3.63) is 46.0 Å². The highest BCUT2D eigenvalue weighted by Crippen LogP contribution is 2.24. The summed E-state index contributed by atoms with van der Waals surface area (Å²) >= 11 is 5.80. The van der Waals surface area contributed by atoms with Gasteiger partial charge in [-0.2, -0.15) is 9.97 Å². The highest BCUT2D eigenvalue weighted by Gasteiger charge is 2.14. The average Bonchev–Trinajstić information content (AvgIpc) is 2.25. The summed E-state index contributed by atoms with van der Waals surface area (Å²) < 4.78 is 0. The molecule has 94 valence electrons. The van der Waals surface area contributed by atoms with Gasteiger partial charge >= 0.3 is 0 Å². The predicted octanol–water partition coefficient (Wildman–Crippen LogP) is 2.88. The summed E-state index contributed by atoms with van der Waals surface area (Å²) in [4.78, 5) is 12.0. The van der Waals surface area contributed by atoms with E-state index in [9.17, 15) is 0 Å². The summed E-state index contributed by atoms with van der Waals surface area (Å²) in [7, 11) is 0. The minimum Gasteiger partial charge on any atom is -0.368 e. The SMILES string of the molecule is Cc1cc(C)cc(C(C)c2nc(N)nc(Cl)n2)c1. The first kappa shape index (κ1) is 12.8. The van der Waals surface area contributed by atoms with Crippen molar-refractivity contribution in [3.63, 3.8) is 0 Å². The van der Waals surface area contributed by atoms with Crippen molar-refractivity contribution in [2.24, 2.45) is 0 Å². The van der Waals surface area contributed by atoms with Crippen molar-refractivity contribution >= 4 is 17.5 Å². The van der Waals surface area contributed by atoms with Gasteiger partial charge in [0.1, 0.15) is 5.82 Å². The van der Waals surface area contributed by atoms with Crippen LogP contribution in [0.3, 0.4) is 0 Å². The highest BCUT2D eigenvalue weighted by molar-refractivity contribution is 6.28. The van der Waals surface area contributed by atoms with Gasteiger partial charge in [0.2, 0.25) is 11.2 Å². The Balaban J connectivity index is 2.43. The van der Waals surface area contributed by atoms with Crippen molar-refractivity contribution in [1.82, 2.24) is 15.0 Å². The van der Waals surface area contributed by atoms with Crippen molar-refractivity contribution in [2.45, 2.75) is 26.7 Å². The van der Waals surface area contributed by atoms with Crippen LogP contribution in [0.1, 0.15) is 35.4 Å². The number of aryl methyl sites for hydroxylation is 2. The highest BCUT2D eigenvalue weighted by atomic mass is 35.5. The molecule has 0 radical (unpaired) electrons. The summed E-state index contributed by atoms with van der Waals surface area (Å²) in [6.45, 7) is 6.16. The lowest BCUT2D eigenvalue weighted by Gasteiger charge is -2.12. The fourth-order valence-electron chi connectivity index (χ4n) is 1.98. The van der Waals surface area contributed by atoms with E-state index in [1.54, 1.807) is 0 Å². The zero-order valence-electron chi connectivity index (χ0n) is 10.6. The Labute approximate surface area is 111 Å². The van der Waals surface area contributed by atoms with Crippen LogP contribution in [0.25, 0.3) is 0 Å². The number of hydrogen-bond acceptors (Lipinski definition) is 4. The van der Waals surface area contributed by atoms with E-state index >= 15 is 0 Å². The third kappa shape index (κ3) is 2.76. The molecule has 2 rings (SSSR count). The fraction of sp³-hybridized carbons (Fsp3) is 0.308. The van der Waals surface area contributed by atoms with E-state index in [1.807, 2.05) is 6.92 Å². The Bertz CT molecular complexity index is 491. The van der Waals surface area contributed by atoms with E-state index in [-0.39, 0.29) is 17.1 Å². The van der Waals surface area contributed by atoms with E-state index in [0.29, 0.717) is 5.82 Å². The van der Waals surface area contributed by atoms with E-state index in [4.69, 9.17) is 17.3 Å². The molecule has 0 saturated heterocycles. The zero-order valence-corrected chi connectivity index (χ0v) is 11.4. The molecule has 2 N–H and O–H groups in total. The van der Waals surface area contributed by atoms with Gasteiger partial charge in [-0.1, -0.05) is 36.2 Å². The van der Waals surface area contributed by atoms with Gasteiger partial charge in [0.15, 0.2) is 0 Å². The van der Waals surface area contributed by atoms with Crippen LogP contribution in [0.15, 0.2) is 18.2 Å². The number of nitrogen functional groups attached to an aromatic ring is 1. The number of aromatic nitrogens is 3. The van der Waals surface area contributed by atoms with Crippen molar-refractivity contribution in [1.29, 1.82) is 0 Å². The molecule has 0 aliphatic heterocycles. The molecule has 1 aromatic heterocycles. The molecule has 1 heterocycles. The van der Waals surface area contributed by atoms with Crippen LogP contribution >= 0.6 is 11.6 Å². The maximum atomic E-state index is 5.80. The van der Waals surface area contributed by atoms with E-state index in [0.717, 1.165) is 5.56 Å². The normalized spacial score (nSPS) is 12.4. The van der Waals surface area contributed by atoms with Crippen LogP contribution in [0.4, 0.5) is 5.95 Å². The summed E-state index contributed by atoms with van der Waals surface area (Å²) in [5.74, 6) is 0.783. The van der Waals surface area contributed by atoms with Crippen LogP contribution in [0.5, 0.6) is 0 Å². The molecule has 0 aliphatic rings. The van der Waals surface area contributed by atoms with Gasteiger partial charge in [0.25, 0.3) is 0 Å². The molecule has 0 saturated carbocycles. The van der Waals surface area contributed by atoms with Crippen molar-refractivity contribution < 1.29 is 0 Å². The molecular weight excluding hydrogens is 248 g/mol. The number of nitrogens with two attached hydrogens (primary N) is 1. The lowest BCUT2D eigenvalue weighted by atomic mass is 9.96. The molecule has 0 fully saturated rings. The fourth-order valence-corrected chi connectivity index (χ4v) is 2.16. The summed E-state index contributed by atoms with van der Waals surface area (Å²) in [6, 6.07) is 6.36. The second-order valence-electron chi connectivity index (χ2n) is 4.46. The molecule has 1 aromatic carbocycles. The lowest BCUT2D eigenvalue weighted by molar-refractivity contribution is 0.800. The lowest BCUT2D eigenvalue weighted by Crippen LogP contribution is -2.07. The molecule has 18 heavy (non-hydrogen) atoms. The average molecular weight is 263 g/mol. The quantitative estimate of drug-likeness (QED) is 0.904. The third-order valence-electron chi connectivity index (χ3n) is 2.77. The topological polar surface area (TPSA) is 64.7 Å². The Morgan fingerprint density at radius 1 is 1.06 bits per heavy atom. The van der Waals surface area contributed by atoms with E-state index in [1.165, 1.54) is 11.1 Å². The summed E-state index contributed by atoms with van der Waals surface area (Å²) in [5.41, 5.74) is 9.16. The first-order chi connectivity index (χ1) is 8.45. The van der Waals surface area contributed by atoms with Gasteiger partial charge in [-0.15, -0.1) is 0 Å². The zero-order chi connectivity index (χ0) is 13.3. The Morgan fingerprint density at radius 3 is 2.22 bits per heavy atom. The molecular formula is C13H15ClN4. The second kappa shape index (κ2) is 4.90. The van der Waals surface area contributed by atoms with Gasteiger partial charge in [-0.25, -0.2) is 4.98 Å². The number of benzene rings is 1. The van der Waals surface area contributed by atoms with Gasteiger partial charge in [-0.3, -0.25) is 0 Å². The van der Waals surface area contributed by atoms with Crippen LogP contribution in [0, 0.1) is 13.8 Å². The van der Waals surface area contributed by atoms with Crippen LogP contribution < -0.4 is 5.73 Å². The Morgan fingerprint density at radius 2 is 1.67 bits per heavy atom. The Kier molecular flexibility index (Phi) is 3.48. The molecule has 1 atom stereocenters. The largest absolute Gasteiger partial charge is 0.368 e. The molecule has 0 spiro atoms. The molecule has 4 nitrogen and oxygen atoms in total. The standard InChI is InChI=1S/C13H15ClN4/c1-7-4-8(2)6-10(5-7)9(3)11-16-12(14)18-13(15)17-11/h4-6,9H,1-3H3,(H2,15,16,17,18). The number of hydrogen-bond donors (Lipinski definition) is 1. The molecule has 0 aliphatic carbocycles. The van der Waals surface area contributed by atoms with Crippen LogP contribution in [-0.2, 0) is 0 Å². The van der Waals surface area contributed by atoms with E-state index < -0.39 is 0 Å². The van der Waals surface area contributed by atoms with Gasteiger partial charge in [-0.05, 0) is 31.0 Å². The maximum absolute atomic E-state index is 5.80. The molecule has 0 bridgehead atoms. The van der Waals surface area contributed by atoms with E-state index in [2.05, 4.69) is 47.0 Å². The number of anilines is 1.